The SMILES string of the molecule is C[N+](C)(C)[PH](c1ccccc1)(c1ccccc1)c1ccccc1.[I-]. The molecule has 0 aliphatic rings. The summed E-state index contributed by atoms with van der Waals surface area (Å²) >= 11 is 0. The van der Waals surface area contributed by atoms with Gasteiger partial charge in [-0.15, -0.1) is 0 Å². The fourth-order valence-electron chi connectivity index (χ4n) is 3.70. The average molecular weight is 449 g/mol. The van der Waals surface area contributed by atoms with E-state index < -0.39 is 7.41 Å². The van der Waals surface area contributed by atoms with Crippen LogP contribution in [0.3, 0.4) is 0 Å². The van der Waals surface area contributed by atoms with Crippen molar-refractivity contribution >= 4 is 23.3 Å². The third-order valence-electron chi connectivity index (χ3n) is 4.58. The zero-order chi connectivity index (χ0) is 16.3. The van der Waals surface area contributed by atoms with Crippen LogP contribution in [0.15, 0.2) is 91.0 Å². The molecule has 3 heteroatoms. The summed E-state index contributed by atoms with van der Waals surface area (Å²) in [7, 11) is 4.81. The van der Waals surface area contributed by atoms with Crippen LogP contribution >= 0.6 is 7.41 Å². The smallest absolute Gasteiger partial charge is 1.00 e. The number of quaternary nitrogens is 1. The summed E-state index contributed by atoms with van der Waals surface area (Å²) in [5.41, 5.74) is 0. The summed E-state index contributed by atoms with van der Waals surface area (Å²) in [5.74, 6) is 0. The van der Waals surface area contributed by atoms with E-state index in [1.165, 1.54) is 15.9 Å². The number of hydrogen-bond donors (Lipinski definition) is 0. The van der Waals surface area contributed by atoms with Gasteiger partial charge in [-0.1, -0.05) is 0 Å². The number of nitrogens with zero attached hydrogens (tertiary/aromatic N) is 1. The first-order valence-corrected chi connectivity index (χ1v) is 9.99. The van der Waals surface area contributed by atoms with Crippen molar-refractivity contribution in [2.45, 2.75) is 0 Å². The van der Waals surface area contributed by atoms with Crippen LogP contribution in [0, 0.1) is 0 Å². The molecule has 1 nitrogen and oxygen atoms in total. The van der Waals surface area contributed by atoms with E-state index in [-0.39, 0.29) is 24.0 Å². The molecule has 0 aliphatic carbocycles. The van der Waals surface area contributed by atoms with Crippen molar-refractivity contribution in [3.8, 4) is 0 Å². The molecule has 0 heterocycles. The number of hydrogen-bond acceptors (Lipinski definition) is 0. The zero-order valence-electron chi connectivity index (χ0n) is 14.5. The summed E-state index contributed by atoms with van der Waals surface area (Å²) in [4.78, 5) is 0. The van der Waals surface area contributed by atoms with Gasteiger partial charge in [0.2, 0.25) is 0 Å². The quantitative estimate of drug-likeness (QED) is 0.398. The molecule has 0 radical (unpaired) electrons. The van der Waals surface area contributed by atoms with Crippen LogP contribution in [0.25, 0.3) is 0 Å². The molecule has 0 amide bonds. The Hall–Kier alpha value is -1.22. The van der Waals surface area contributed by atoms with Crippen molar-refractivity contribution in [2.75, 3.05) is 21.1 Å². The molecule has 3 aromatic carbocycles. The molecule has 0 spiro atoms. The maximum Gasteiger partial charge on any atom is -1.00 e. The fourth-order valence-corrected chi connectivity index (χ4v) is 9.05. The van der Waals surface area contributed by atoms with Crippen LogP contribution < -0.4 is 39.9 Å². The zero-order valence-corrected chi connectivity index (χ0v) is 17.6. The van der Waals surface area contributed by atoms with Gasteiger partial charge in [0.05, 0.1) is 0 Å². The summed E-state index contributed by atoms with van der Waals surface area (Å²) < 4.78 is 0.922. The van der Waals surface area contributed by atoms with Crippen LogP contribution in [0.4, 0.5) is 0 Å². The van der Waals surface area contributed by atoms with Gasteiger partial charge in [0.15, 0.2) is 0 Å². The molecule has 0 saturated heterocycles. The monoisotopic (exact) mass is 449 g/mol. The Kier molecular flexibility index (Phi) is 6.19. The molecule has 0 saturated carbocycles. The molecule has 24 heavy (non-hydrogen) atoms. The minimum Gasteiger partial charge on any atom is -1.00 e. The molecule has 0 N–H and O–H groups in total. The van der Waals surface area contributed by atoms with Crippen LogP contribution in [-0.4, -0.2) is 25.4 Å². The van der Waals surface area contributed by atoms with Gasteiger partial charge in [-0.3, -0.25) is 0 Å². The van der Waals surface area contributed by atoms with Crippen molar-refractivity contribution in [3.05, 3.63) is 91.0 Å². The average Bonchev–Trinajstić information content (AvgIpc) is 2.57. The van der Waals surface area contributed by atoms with Crippen molar-refractivity contribution in [2.24, 2.45) is 0 Å². The van der Waals surface area contributed by atoms with E-state index in [4.69, 9.17) is 0 Å². The van der Waals surface area contributed by atoms with Crippen LogP contribution in [0.5, 0.6) is 0 Å². The molecule has 0 aromatic heterocycles. The standard InChI is InChI=1S/C21H25NP.HI/c1-22(2,3)23(19-13-7-4-8-14-19,20-15-9-5-10-16-20)21-17-11-6-12-18-21;/h4-18,23H,1-3H3;1H/q+1;/p-1. The number of benzene rings is 3. The van der Waals surface area contributed by atoms with E-state index >= 15 is 0 Å². The molecule has 0 fully saturated rings. The van der Waals surface area contributed by atoms with Crippen LogP contribution in [0.2, 0.25) is 0 Å². The molecule has 0 atom stereocenters. The first-order chi connectivity index (χ1) is 11.1. The first kappa shape index (κ1) is 19.1. The van der Waals surface area contributed by atoms with E-state index in [0.29, 0.717) is 0 Å². The van der Waals surface area contributed by atoms with Crippen LogP contribution in [0.1, 0.15) is 0 Å². The van der Waals surface area contributed by atoms with Gasteiger partial charge in [-0.05, 0) is 0 Å². The molecule has 126 valence electrons. The van der Waals surface area contributed by atoms with Gasteiger partial charge in [-0.2, -0.15) is 0 Å². The number of rotatable bonds is 4. The summed E-state index contributed by atoms with van der Waals surface area (Å²) in [6.07, 6.45) is 0. The Morgan fingerprint density at radius 1 is 0.500 bits per heavy atom. The maximum atomic E-state index is 2.33. The Morgan fingerprint density at radius 3 is 0.958 bits per heavy atom. The van der Waals surface area contributed by atoms with Gasteiger partial charge in [-0.25, -0.2) is 0 Å². The number of halogens is 1. The Morgan fingerprint density at radius 2 is 0.750 bits per heavy atom. The molecule has 0 aliphatic heterocycles. The molecule has 0 bridgehead atoms. The topological polar surface area (TPSA) is 0 Å². The Bertz CT molecular complexity index is 655. The minimum absolute atomic E-state index is 0. The summed E-state index contributed by atoms with van der Waals surface area (Å²) in [5, 5.41) is 4.35. The second kappa shape index (κ2) is 7.77. The van der Waals surface area contributed by atoms with Crippen molar-refractivity contribution < 1.29 is 28.2 Å². The van der Waals surface area contributed by atoms with Gasteiger partial charge in [0.1, 0.15) is 0 Å². The molecule has 3 rings (SSSR count). The summed E-state index contributed by atoms with van der Waals surface area (Å²) in [6.45, 7) is 0. The third-order valence-corrected chi connectivity index (χ3v) is 10.1. The van der Waals surface area contributed by atoms with Gasteiger partial charge in [0, 0.05) is 0 Å². The van der Waals surface area contributed by atoms with Gasteiger partial charge in [0.25, 0.3) is 0 Å². The van der Waals surface area contributed by atoms with Crippen molar-refractivity contribution in [1.29, 1.82) is 0 Å². The largest absolute Gasteiger partial charge is 1.00 e. The van der Waals surface area contributed by atoms with E-state index in [0.717, 1.165) is 4.25 Å². The molecular weight excluding hydrogens is 424 g/mol. The minimum atomic E-state index is -2.19. The maximum absolute atomic E-state index is 2.33. The predicted molar refractivity (Wildman–Crippen MR) is 105 cm³/mol. The van der Waals surface area contributed by atoms with Crippen LogP contribution in [-0.2, 0) is 0 Å². The second-order valence-electron chi connectivity index (χ2n) is 6.82. The normalized spacial score (nSPS) is 12.3. The van der Waals surface area contributed by atoms with Gasteiger partial charge >= 0.3 is 140 Å². The van der Waals surface area contributed by atoms with Crippen molar-refractivity contribution in [1.82, 2.24) is 0 Å². The molecular formula is C21H25INP. The fraction of sp³-hybridized carbons (Fsp3) is 0.143. The predicted octanol–water partition coefficient (Wildman–Crippen LogP) is 0.338. The van der Waals surface area contributed by atoms with E-state index in [1.807, 2.05) is 0 Å². The van der Waals surface area contributed by atoms with Gasteiger partial charge < -0.3 is 24.0 Å². The summed E-state index contributed by atoms with van der Waals surface area (Å²) in [6, 6.07) is 33.1. The van der Waals surface area contributed by atoms with E-state index in [2.05, 4.69) is 112 Å². The van der Waals surface area contributed by atoms with E-state index in [1.54, 1.807) is 0 Å². The van der Waals surface area contributed by atoms with Crippen molar-refractivity contribution in [3.63, 3.8) is 0 Å². The Balaban J connectivity index is 0.00000208. The molecule has 3 aromatic rings. The molecule has 0 unspecified atom stereocenters. The third kappa shape index (κ3) is 3.28. The first-order valence-electron chi connectivity index (χ1n) is 8.05. The second-order valence-corrected chi connectivity index (χ2v) is 11.3. The Labute approximate surface area is 163 Å². The van der Waals surface area contributed by atoms with E-state index in [9.17, 15) is 0 Å².